The third-order valence-electron chi connectivity index (χ3n) is 4.45. The minimum Gasteiger partial charge on any atom is -0.368 e. The van der Waals surface area contributed by atoms with E-state index < -0.39 is 0 Å². The van der Waals surface area contributed by atoms with Crippen molar-refractivity contribution >= 4 is 17.5 Å². The van der Waals surface area contributed by atoms with Crippen LogP contribution in [0.4, 0.5) is 10.1 Å². The maximum atomic E-state index is 13.0. The molecule has 0 radical (unpaired) electrons. The van der Waals surface area contributed by atoms with Gasteiger partial charge in [-0.25, -0.2) is 4.39 Å². The number of halogens is 1. The molecule has 0 spiro atoms. The molecule has 5 nitrogen and oxygen atoms in total. The predicted octanol–water partition coefficient (Wildman–Crippen LogP) is 2.37. The van der Waals surface area contributed by atoms with Gasteiger partial charge in [-0.3, -0.25) is 9.59 Å². The molecule has 138 valence electrons. The van der Waals surface area contributed by atoms with E-state index >= 15 is 0 Å². The summed E-state index contributed by atoms with van der Waals surface area (Å²) >= 11 is 0. The Kier molecular flexibility index (Phi) is 6.79. The molecule has 1 saturated heterocycles. The first-order valence-corrected chi connectivity index (χ1v) is 8.90. The summed E-state index contributed by atoms with van der Waals surface area (Å²) in [6.07, 6.45) is 0.364. The van der Waals surface area contributed by atoms with Crippen molar-refractivity contribution in [3.05, 3.63) is 30.1 Å². The number of amides is 2. The second-order valence-corrected chi connectivity index (χ2v) is 6.95. The van der Waals surface area contributed by atoms with Crippen LogP contribution >= 0.6 is 0 Å². The normalized spacial score (nSPS) is 14.8. The smallest absolute Gasteiger partial charge is 0.224 e. The molecule has 0 saturated carbocycles. The largest absolute Gasteiger partial charge is 0.368 e. The minimum absolute atomic E-state index is 0.0163. The molecule has 2 amide bonds. The zero-order chi connectivity index (χ0) is 18.4. The lowest BCUT2D eigenvalue weighted by Gasteiger charge is -2.36. The Morgan fingerprint density at radius 1 is 1.12 bits per heavy atom. The topological polar surface area (TPSA) is 43.9 Å². The summed E-state index contributed by atoms with van der Waals surface area (Å²) in [5.41, 5.74) is 0.980. The summed E-state index contributed by atoms with van der Waals surface area (Å²) in [6, 6.07) is 6.45. The van der Waals surface area contributed by atoms with Gasteiger partial charge in [-0.1, -0.05) is 13.8 Å². The lowest BCUT2D eigenvalue weighted by Crippen LogP contribution is -2.49. The predicted molar refractivity (Wildman–Crippen MR) is 96.9 cm³/mol. The summed E-state index contributed by atoms with van der Waals surface area (Å²) in [7, 11) is 0. The zero-order valence-electron chi connectivity index (χ0n) is 15.4. The fraction of sp³-hybridized carbons (Fsp3) is 0.579. The molecule has 6 heteroatoms. The zero-order valence-corrected chi connectivity index (χ0v) is 15.4. The Morgan fingerprint density at radius 3 is 2.24 bits per heavy atom. The summed E-state index contributed by atoms with van der Waals surface area (Å²) in [4.78, 5) is 29.8. The van der Waals surface area contributed by atoms with Crippen molar-refractivity contribution < 1.29 is 14.0 Å². The second-order valence-electron chi connectivity index (χ2n) is 6.95. The van der Waals surface area contributed by atoms with E-state index in [2.05, 4.69) is 18.7 Å². The summed E-state index contributed by atoms with van der Waals surface area (Å²) in [6.45, 7) is 9.61. The van der Waals surface area contributed by atoms with Crippen LogP contribution in [0.15, 0.2) is 24.3 Å². The Hall–Kier alpha value is -2.11. The highest BCUT2D eigenvalue weighted by Crippen LogP contribution is 2.17. The van der Waals surface area contributed by atoms with Crippen LogP contribution < -0.4 is 4.90 Å². The van der Waals surface area contributed by atoms with Crippen molar-refractivity contribution in [1.29, 1.82) is 0 Å². The van der Waals surface area contributed by atoms with Gasteiger partial charge in [0.2, 0.25) is 11.8 Å². The van der Waals surface area contributed by atoms with Gasteiger partial charge in [0.1, 0.15) is 5.82 Å². The molecular formula is C19H28FN3O2. The summed E-state index contributed by atoms with van der Waals surface area (Å²) in [5, 5.41) is 0. The summed E-state index contributed by atoms with van der Waals surface area (Å²) in [5.74, 6) is 0.253. The van der Waals surface area contributed by atoms with Crippen LogP contribution in [-0.4, -0.2) is 60.9 Å². The van der Waals surface area contributed by atoms with Crippen molar-refractivity contribution in [3.63, 3.8) is 0 Å². The molecule has 1 fully saturated rings. The Morgan fingerprint density at radius 2 is 1.72 bits per heavy atom. The van der Waals surface area contributed by atoms with Crippen molar-refractivity contribution in [2.45, 2.75) is 27.2 Å². The molecule has 0 N–H and O–H groups in total. The molecule has 1 aliphatic rings. The van der Waals surface area contributed by atoms with Gasteiger partial charge in [-0.05, 0) is 30.2 Å². The number of rotatable bonds is 6. The fourth-order valence-corrected chi connectivity index (χ4v) is 3.07. The van der Waals surface area contributed by atoms with Crippen LogP contribution in [0.3, 0.4) is 0 Å². The van der Waals surface area contributed by atoms with Crippen LogP contribution in [-0.2, 0) is 9.59 Å². The third kappa shape index (κ3) is 5.73. The van der Waals surface area contributed by atoms with Crippen molar-refractivity contribution in [2.75, 3.05) is 44.2 Å². The van der Waals surface area contributed by atoms with Gasteiger partial charge in [-0.15, -0.1) is 0 Å². The average molecular weight is 349 g/mol. The highest BCUT2D eigenvalue weighted by molar-refractivity contribution is 5.78. The molecule has 0 aromatic heterocycles. The van der Waals surface area contributed by atoms with Crippen LogP contribution in [0.25, 0.3) is 0 Å². The third-order valence-corrected chi connectivity index (χ3v) is 4.45. The van der Waals surface area contributed by atoms with Crippen LogP contribution in [0.5, 0.6) is 0 Å². The number of benzene rings is 1. The molecule has 0 bridgehead atoms. The second kappa shape index (κ2) is 8.83. The highest BCUT2D eigenvalue weighted by atomic mass is 19.1. The molecular weight excluding hydrogens is 321 g/mol. The van der Waals surface area contributed by atoms with Gasteiger partial charge in [0.05, 0.1) is 0 Å². The molecule has 2 rings (SSSR count). The first kappa shape index (κ1) is 19.2. The SMILES string of the molecule is CC(=O)N(CCC(=O)N1CCN(c2ccc(F)cc2)CC1)CC(C)C. The molecule has 25 heavy (non-hydrogen) atoms. The van der Waals surface area contributed by atoms with E-state index in [1.807, 2.05) is 4.90 Å². The van der Waals surface area contributed by atoms with Crippen LogP contribution in [0.1, 0.15) is 27.2 Å². The minimum atomic E-state index is -0.242. The monoisotopic (exact) mass is 349 g/mol. The molecule has 0 unspecified atom stereocenters. The van der Waals surface area contributed by atoms with E-state index in [1.54, 1.807) is 24.0 Å². The molecule has 0 aliphatic carbocycles. The molecule has 1 aromatic carbocycles. The van der Waals surface area contributed by atoms with Gasteiger partial charge >= 0.3 is 0 Å². The van der Waals surface area contributed by atoms with Gasteiger partial charge in [-0.2, -0.15) is 0 Å². The quantitative estimate of drug-likeness (QED) is 0.792. The molecule has 1 aromatic rings. The number of hydrogen-bond donors (Lipinski definition) is 0. The first-order valence-electron chi connectivity index (χ1n) is 8.90. The van der Waals surface area contributed by atoms with Gasteiger partial charge in [0, 0.05) is 58.3 Å². The lowest BCUT2D eigenvalue weighted by molar-refractivity contribution is -0.133. The summed E-state index contributed by atoms with van der Waals surface area (Å²) < 4.78 is 13.0. The first-order chi connectivity index (χ1) is 11.9. The van der Waals surface area contributed by atoms with Crippen molar-refractivity contribution in [3.8, 4) is 0 Å². The number of carbonyl (C=O) groups is 2. The fourth-order valence-electron chi connectivity index (χ4n) is 3.07. The standard InChI is InChI=1S/C19H28FN3O2/c1-15(2)14-23(16(3)24)9-8-19(25)22-12-10-21(11-13-22)18-6-4-17(20)5-7-18/h4-7,15H,8-14H2,1-3H3. The number of hydrogen-bond acceptors (Lipinski definition) is 3. The molecule has 1 heterocycles. The molecule has 1 aliphatic heterocycles. The number of carbonyl (C=O) groups excluding carboxylic acids is 2. The number of nitrogens with zero attached hydrogens (tertiary/aromatic N) is 3. The Labute approximate surface area is 149 Å². The number of piperazine rings is 1. The lowest BCUT2D eigenvalue weighted by atomic mass is 10.2. The van der Waals surface area contributed by atoms with E-state index in [9.17, 15) is 14.0 Å². The Balaban J connectivity index is 1.80. The maximum absolute atomic E-state index is 13.0. The highest BCUT2D eigenvalue weighted by Gasteiger charge is 2.22. The van der Waals surface area contributed by atoms with E-state index in [4.69, 9.17) is 0 Å². The van der Waals surface area contributed by atoms with Crippen LogP contribution in [0.2, 0.25) is 0 Å². The van der Waals surface area contributed by atoms with Gasteiger partial charge in [0.25, 0.3) is 0 Å². The maximum Gasteiger partial charge on any atom is 0.224 e. The van der Waals surface area contributed by atoms with Gasteiger partial charge < -0.3 is 14.7 Å². The van der Waals surface area contributed by atoms with E-state index in [-0.39, 0.29) is 17.6 Å². The van der Waals surface area contributed by atoms with Crippen molar-refractivity contribution in [2.24, 2.45) is 5.92 Å². The van der Waals surface area contributed by atoms with E-state index in [0.717, 1.165) is 18.8 Å². The average Bonchev–Trinajstić information content (AvgIpc) is 2.58. The molecule has 0 atom stereocenters. The van der Waals surface area contributed by atoms with Gasteiger partial charge in [0.15, 0.2) is 0 Å². The number of anilines is 1. The van der Waals surface area contributed by atoms with E-state index in [1.165, 1.54) is 12.1 Å². The Bertz CT molecular complexity index is 581. The van der Waals surface area contributed by atoms with Crippen molar-refractivity contribution in [1.82, 2.24) is 9.80 Å². The van der Waals surface area contributed by atoms with E-state index in [0.29, 0.717) is 38.5 Å². The van der Waals surface area contributed by atoms with Crippen LogP contribution in [0, 0.1) is 11.7 Å².